The Labute approximate surface area is 128 Å². The molecule has 0 amide bonds. The average Bonchev–Trinajstić information content (AvgIpc) is 3.06. The number of aliphatic carboxylic acids is 1. The van der Waals surface area contributed by atoms with Crippen LogP contribution >= 0.6 is 0 Å². The number of ether oxygens (including phenoxy) is 2. The van der Waals surface area contributed by atoms with E-state index in [2.05, 4.69) is 11.5 Å². The van der Waals surface area contributed by atoms with Gasteiger partial charge in [0.05, 0.1) is 11.0 Å². The maximum Gasteiger partial charge on any atom is 0.303 e. The molecule has 1 aromatic heterocycles. The summed E-state index contributed by atoms with van der Waals surface area (Å²) < 4.78 is 13.0. The summed E-state index contributed by atoms with van der Waals surface area (Å²) in [6.07, 6.45) is 3.81. The number of rotatable bonds is 7. The minimum Gasteiger partial charge on any atom is -0.481 e. The van der Waals surface area contributed by atoms with Crippen molar-refractivity contribution in [1.82, 2.24) is 9.55 Å². The topological polar surface area (TPSA) is 73.6 Å². The molecule has 6 nitrogen and oxygen atoms in total. The molecule has 0 atom stereocenters. The molecular weight excluding hydrogens is 284 g/mol. The van der Waals surface area contributed by atoms with Gasteiger partial charge in [-0.05, 0) is 12.8 Å². The lowest BCUT2D eigenvalue weighted by Gasteiger charge is -2.08. The van der Waals surface area contributed by atoms with Gasteiger partial charge in [0, 0.05) is 31.5 Å². The standard InChI is InChI=1S/C16H20N2O4/c1-2-3-5-15-17-11-8-13-14(22-10-21-13)9-12(11)18(15)7-4-6-16(19)20/h8-9H,2-7,10H2,1H3,(H,19,20). The summed E-state index contributed by atoms with van der Waals surface area (Å²) in [5.74, 6) is 1.70. The van der Waals surface area contributed by atoms with E-state index in [1.54, 1.807) is 0 Å². The number of hydrogen-bond acceptors (Lipinski definition) is 4. The van der Waals surface area contributed by atoms with Crippen molar-refractivity contribution in [3.05, 3.63) is 18.0 Å². The van der Waals surface area contributed by atoms with Crippen LogP contribution in [0.2, 0.25) is 0 Å². The van der Waals surface area contributed by atoms with E-state index in [4.69, 9.17) is 19.6 Å². The van der Waals surface area contributed by atoms with Crippen LogP contribution in [0.25, 0.3) is 11.0 Å². The minimum absolute atomic E-state index is 0.164. The Hall–Kier alpha value is -2.24. The first kappa shape index (κ1) is 14.7. The normalized spacial score (nSPS) is 13.0. The highest BCUT2D eigenvalue weighted by Crippen LogP contribution is 2.36. The third kappa shape index (κ3) is 2.86. The Balaban J connectivity index is 1.94. The van der Waals surface area contributed by atoms with Crippen LogP contribution < -0.4 is 9.47 Å². The molecule has 0 aliphatic carbocycles. The van der Waals surface area contributed by atoms with Crippen LogP contribution in [0.4, 0.5) is 0 Å². The molecule has 0 unspecified atom stereocenters. The van der Waals surface area contributed by atoms with Crippen molar-refractivity contribution in [3.63, 3.8) is 0 Å². The van der Waals surface area contributed by atoms with E-state index in [0.29, 0.717) is 13.0 Å². The molecule has 0 fully saturated rings. The number of imidazole rings is 1. The van der Waals surface area contributed by atoms with E-state index in [1.807, 2.05) is 12.1 Å². The minimum atomic E-state index is -0.767. The second-order valence-electron chi connectivity index (χ2n) is 5.47. The van der Waals surface area contributed by atoms with Crippen molar-refractivity contribution in [3.8, 4) is 11.5 Å². The lowest BCUT2D eigenvalue weighted by Crippen LogP contribution is -2.06. The highest BCUT2D eigenvalue weighted by atomic mass is 16.7. The van der Waals surface area contributed by atoms with Crippen molar-refractivity contribution < 1.29 is 19.4 Å². The zero-order chi connectivity index (χ0) is 15.5. The average molecular weight is 304 g/mol. The molecule has 3 rings (SSSR count). The molecule has 2 aromatic rings. The summed E-state index contributed by atoms with van der Waals surface area (Å²) in [7, 11) is 0. The summed E-state index contributed by atoms with van der Waals surface area (Å²) >= 11 is 0. The molecule has 0 bridgehead atoms. The molecule has 2 heterocycles. The van der Waals surface area contributed by atoms with E-state index in [0.717, 1.165) is 47.6 Å². The third-order valence-electron chi connectivity index (χ3n) is 3.85. The van der Waals surface area contributed by atoms with Crippen LogP contribution in [0.3, 0.4) is 0 Å². The number of unbranched alkanes of at least 4 members (excludes halogenated alkanes) is 1. The van der Waals surface area contributed by atoms with Crippen molar-refractivity contribution in [1.29, 1.82) is 0 Å². The van der Waals surface area contributed by atoms with Crippen LogP contribution in [0.5, 0.6) is 11.5 Å². The predicted molar refractivity (Wildman–Crippen MR) is 81.3 cm³/mol. The maximum atomic E-state index is 10.7. The highest BCUT2D eigenvalue weighted by Gasteiger charge is 2.19. The monoisotopic (exact) mass is 304 g/mol. The van der Waals surface area contributed by atoms with Gasteiger partial charge in [0.15, 0.2) is 11.5 Å². The Morgan fingerprint density at radius 3 is 2.82 bits per heavy atom. The molecule has 0 radical (unpaired) electrons. The largest absolute Gasteiger partial charge is 0.481 e. The Kier molecular flexibility index (Phi) is 4.18. The predicted octanol–water partition coefficient (Wildman–Crippen LogP) is 2.97. The summed E-state index contributed by atoms with van der Waals surface area (Å²) in [5.41, 5.74) is 1.87. The number of carboxylic acid groups (broad SMARTS) is 1. The van der Waals surface area contributed by atoms with Crippen LogP contribution in [0.1, 0.15) is 38.4 Å². The number of carbonyl (C=O) groups is 1. The van der Waals surface area contributed by atoms with Gasteiger partial charge >= 0.3 is 5.97 Å². The number of hydrogen-bond donors (Lipinski definition) is 1. The van der Waals surface area contributed by atoms with Crippen molar-refractivity contribution in [2.75, 3.05) is 6.79 Å². The second kappa shape index (κ2) is 6.25. The summed E-state index contributed by atoms with van der Waals surface area (Å²) in [6.45, 7) is 3.04. The van der Waals surface area contributed by atoms with Gasteiger partial charge in [-0.2, -0.15) is 0 Å². The molecule has 1 aliphatic heterocycles. The van der Waals surface area contributed by atoms with Crippen LogP contribution in [-0.2, 0) is 17.8 Å². The number of benzene rings is 1. The van der Waals surface area contributed by atoms with Gasteiger partial charge in [0.2, 0.25) is 6.79 Å². The highest BCUT2D eigenvalue weighted by molar-refractivity contribution is 5.81. The molecule has 0 saturated carbocycles. The second-order valence-corrected chi connectivity index (χ2v) is 5.47. The zero-order valence-electron chi connectivity index (χ0n) is 12.7. The fourth-order valence-electron chi connectivity index (χ4n) is 2.73. The SMILES string of the molecule is CCCCc1nc2cc3c(cc2n1CCCC(=O)O)OCO3. The molecular formula is C16H20N2O4. The molecule has 118 valence electrons. The molecule has 22 heavy (non-hydrogen) atoms. The molecule has 0 saturated heterocycles. The van der Waals surface area contributed by atoms with Gasteiger partial charge in [-0.1, -0.05) is 13.3 Å². The lowest BCUT2D eigenvalue weighted by atomic mass is 10.2. The van der Waals surface area contributed by atoms with E-state index >= 15 is 0 Å². The first-order chi connectivity index (χ1) is 10.7. The lowest BCUT2D eigenvalue weighted by molar-refractivity contribution is -0.137. The van der Waals surface area contributed by atoms with Crippen LogP contribution in [-0.4, -0.2) is 27.4 Å². The third-order valence-corrected chi connectivity index (χ3v) is 3.85. The van der Waals surface area contributed by atoms with Gasteiger partial charge in [-0.25, -0.2) is 4.98 Å². The number of aromatic nitrogens is 2. The van der Waals surface area contributed by atoms with Gasteiger partial charge in [-0.3, -0.25) is 4.79 Å². The summed E-state index contributed by atoms with van der Waals surface area (Å²) in [6, 6.07) is 3.85. The van der Waals surface area contributed by atoms with E-state index in [-0.39, 0.29) is 13.2 Å². The number of carboxylic acids is 1. The fourth-order valence-corrected chi connectivity index (χ4v) is 2.73. The van der Waals surface area contributed by atoms with Gasteiger partial charge in [-0.15, -0.1) is 0 Å². The van der Waals surface area contributed by atoms with E-state index in [1.165, 1.54) is 0 Å². The Bertz CT molecular complexity index is 693. The van der Waals surface area contributed by atoms with Gasteiger partial charge in [0.25, 0.3) is 0 Å². The van der Waals surface area contributed by atoms with Crippen molar-refractivity contribution in [2.24, 2.45) is 0 Å². The zero-order valence-corrected chi connectivity index (χ0v) is 12.7. The smallest absolute Gasteiger partial charge is 0.303 e. The Morgan fingerprint density at radius 1 is 1.32 bits per heavy atom. The van der Waals surface area contributed by atoms with Crippen molar-refractivity contribution in [2.45, 2.75) is 45.6 Å². The molecule has 1 aromatic carbocycles. The van der Waals surface area contributed by atoms with E-state index < -0.39 is 5.97 Å². The number of fused-ring (bicyclic) bond motifs is 2. The first-order valence-electron chi connectivity index (χ1n) is 7.69. The quantitative estimate of drug-likeness (QED) is 0.851. The van der Waals surface area contributed by atoms with E-state index in [9.17, 15) is 4.79 Å². The van der Waals surface area contributed by atoms with Crippen LogP contribution in [0.15, 0.2) is 12.1 Å². The maximum absolute atomic E-state index is 10.7. The molecule has 0 spiro atoms. The Morgan fingerprint density at radius 2 is 2.09 bits per heavy atom. The number of nitrogens with zero attached hydrogens (tertiary/aromatic N) is 2. The van der Waals surface area contributed by atoms with Gasteiger partial charge < -0.3 is 19.1 Å². The molecule has 6 heteroatoms. The fraction of sp³-hybridized carbons (Fsp3) is 0.500. The van der Waals surface area contributed by atoms with Crippen LogP contribution in [0, 0.1) is 0 Å². The van der Waals surface area contributed by atoms with Gasteiger partial charge in [0.1, 0.15) is 5.82 Å². The molecule has 1 aliphatic rings. The summed E-state index contributed by atoms with van der Waals surface area (Å²) in [5, 5.41) is 8.83. The van der Waals surface area contributed by atoms with Crippen molar-refractivity contribution >= 4 is 17.0 Å². The number of aryl methyl sites for hydroxylation is 2. The summed E-state index contributed by atoms with van der Waals surface area (Å²) in [4.78, 5) is 15.4. The molecule has 1 N–H and O–H groups in total. The first-order valence-corrected chi connectivity index (χ1v) is 7.69.